The molecular weight excluding hydrogens is 356 g/mol. The standard InChI is InChI=1S/C18H18N2O5S/c1-12(2)25-14-7-5-6-13(10-14)19-17(21)11-20-18(22)15-8-3-4-9-16(15)26(20,23)24/h3-10,12H,11H2,1-2H3,(H,19,21). The maximum atomic E-state index is 12.5. The van der Waals surface area contributed by atoms with E-state index in [0.717, 1.165) is 0 Å². The van der Waals surface area contributed by atoms with Crippen LogP contribution in [-0.2, 0) is 14.8 Å². The minimum absolute atomic E-state index is 0.0215. The van der Waals surface area contributed by atoms with E-state index in [0.29, 0.717) is 15.7 Å². The molecule has 0 saturated heterocycles. The van der Waals surface area contributed by atoms with Crippen molar-refractivity contribution in [3.05, 3.63) is 54.1 Å². The third kappa shape index (κ3) is 3.41. The summed E-state index contributed by atoms with van der Waals surface area (Å²) in [5.74, 6) is -0.737. The number of carbonyl (C=O) groups is 2. The molecule has 0 aliphatic carbocycles. The van der Waals surface area contributed by atoms with Crippen molar-refractivity contribution in [1.29, 1.82) is 0 Å². The maximum Gasteiger partial charge on any atom is 0.269 e. The highest BCUT2D eigenvalue weighted by Crippen LogP contribution is 2.29. The number of nitrogens with zero attached hydrogens (tertiary/aromatic N) is 1. The van der Waals surface area contributed by atoms with Gasteiger partial charge in [0.15, 0.2) is 0 Å². The maximum absolute atomic E-state index is 12.5. The van der Waals surface area contributed by atoms with Gasteiger partial charge < -0.3 is 10.1 Å². The molecule has 0 fully saturated rings. The summed E-state index contributed by atoms with van der Waals surface area (Å²) in [6.07, 6.45) is -0.0215. The van der Waals surface area contributed by atoms with Crippen LogP contribution in [0.1, 0.15) is 24.2 Å². The van der Waals surface area contributed by atoms with E-state index in [1.807, 2.05) is 13.8 Å². The first-order valence-corrected chi connectivity index (χ1v) is 9.45. The molecule has 0 saturated carbocycles. The van der Waals surface area contributed by atoms with Crippen molar-refractivity contribution < 1.29 is 22.7 Å². The number of hydrogen-bond donors (Lipinski definition) is 1. The number of anilines is 1. The van der Waals surface area contributed by atoms with E-state index in [-0.39, 0.29) is 16.6 Å². The Balaban J connectivity index is 1.74. The Kier molecular flexibility index (Phi) is 4.69. The zero-order valence-corrected chi connectivity index (χ0v) is 15.1. The Hall–Kier alpha value is -2.87. The quantitative estimate of drug-likeness (QED) is 0.867. The Morgan fingerprint density at radius 3 is 2.58 bits per heavy atom. The smallest absolute Gasteiger partial charge is 0.269 e. The third-order valence-corrected chi connectivity index (χ3v) is 5.48. The van der Waals surface area contributed by atoms with Crippen LogP contribution in [0.15, 0.2) is 53.4 Å². The van der Waals surface area contributed by atoms with Crippen molar-refractivity contribution >= 4 is 27.5 Å². The monoisotopic (exact) mass is 374 g/mol. The molecule has 26 heavy (non-hydrogen) atoms. The number of sulfonamides is 1. The Morgan fingerprint density at radius 1 is 1.15 bits per heavy atom. The number of nitrogens with one attached hydrogen (secondary N) is 1. The summed E-state index contributed by atoms with van der Waals surface area (Å²) >= 11 is 0. The lowest BCUT2D eigenvalue weighted by atomic mass is 10.2. The van der Waals surface area contributed by atoms with Gasteiger partial charge >= 0.3 is 0 Å². The predicted octanol–water partition coefficient (Wildman–Crippen LogP) is 2.26. The van der Waals surface area contributed by atoms with Gasteiger partial charge in [0.1, 0.15) is 17.2 Å². The summed E-state index contributed by atoms with van der Waals surface area (Å²) in [5, 5.41) is 2.59. The molecule has 2 aromatic rings. The van der Waals surface area contributed by atoms with Crippen molar-refractivity contribution in [2.45, 2.75) is 24.8 Å². The van der Waals surface area contributed by atoms with Gasteiger partial charge in [0.2, 0.25) is 5.91 Å². The second-order valence-corrected chi connectivity index (χ2v) is 7.89. The second kappa shape index (κ2) is 6.80. The summed E-state index contributed by atoms with van der Waals surface area (Å²) in [6, 6.07) is 12.6. The number of benzene rings is 2. The number of fused-ring (bicyclic) bond motifs is 1. The highest BCUT2D eigenvalue weighted by molar-refractivity contribution is 7.90. The molecule has 1 aliphatic heterocycles. The Labute approximate surface area is 151 Å². The minimum atomic E-state index is -4.01. The number of hydrogen-bond acceptors (Lipinski definition) is 5. The minimum Gasteiger partial charge on any atom is -0.491 e. The van der Waals surface area contributed by atoms with Crippen molar-refractivity contribution in [3.8, 4) is 5.75 Å². The number of ether oxygens (including phenoxy) is 1. The van der Waals surface area contributed by atoms with E-state index in [4.69, 9.17) is 4.74 Å². The van der Waals surface area contributed by atoms with E-state index >= 15 is 0 Å². The molecule has 2 aromatic carbocycles. The molecule has 3 rings (SSSR count). The third-order valence-electron chi connectivity index (χ3n) is 3.69. The molecule has 0 atom stereocenters. The molecular formula is C18H18N2O5S. The molecule has 8 heteroatoms. The second-order valence-electron chi connectivity index (χ2n) is 6.06. The van der Waals surface area contributed by atoms with Crippen LogP contribution in [0.2, 0.25) is 0 Å². The zero-order valence-electron chi connectivity index (χ0n) is 14.3. The van der Waals surface area contributed by atoms with Crippen molar-refractivity contribution in [2.24, 2.45) is 0 Å². The first-order valence-electron chi connectivity index (χ1n) is 8.01. The Bertz CT molecular complexity index is 969. The summed E-state index contributed by atoms with van der Waals surface area (Å²) in [4.78, 5) is 24.5. The summed E-state index contributed by atoms with van der Waals surface area (Å²) < 4.78 is 31.1. The lowest BCUT2D eigenvalue weighted by molar-refractivity contribution is -0.116. The topological polar surface area (TPSA) is 92.8 Å². The van der Waals surface area contributed by atoms with Crippen LogP contribution in [-0.4, -0.2) is 37.2 Å². The molecule has 136 valence electrons. The molecule has 0 radical (unpaired) electrons. The van der Waals surface area contributed by atoms with Gasteiger partial charge in [-0.1, -0.05) is 18.2 Å². The molecule has 1 heterocycles. The van der Waals surface area contributed by atoms with Crippen LogP contribution in [0.25, 0.3) is 0 Å². The number of amides is 2. The van der Waals surface area contributed by atoms with Gasteiger partial charge in [-0.25, -0.2) is 12.7 Å². The summed E-state index contributed by atoms with van der Waals surface area (Å²) in [5.41, 5.74) is 0.530. The van der Waals surface area contributed by atoms with Crippen molar-refractivity contribution in [2.75, 3.05) is 11.9 Å². The number of rotatable bonds is 5. The van der Waals surface area contributed by atoms with E-state index in [9.17, 15) is 18.0 Å². The molecule has 0 aromatic heterocycles. The fraction of sp³-hybridized carbons (Fsp3) is 0.222. The lowest BCUT2D eigenvalue weighted by Crippen LogP contribution is -2.37. The van der Waals surface area contributed by atoms with Gasteiger partial charge in [-0.3, -0.25) is 9.59 Å². The van der Waals surface area contributed by atoms with E-state index < -0.39 is 28.4 Å². The average molecular weight is 374 g/mol. The molecule has 1 N–H and O–H groups in total. The first-order chi connectivity index (χ1) is 12.3. The molecule has 0 spiro atoms. The SMILES string of the molecule is CC(C)Oc1cccc(NC(=O)CN2C(=O)c3ccccc3S2(=O)=O)c1. The molecule has 0 bridgehead atoms. The van der Waals surface area contributed by atoms with Gasteiger partial charge in [-0.05, 0) is 38.1 Å². The number of carbonyl (C=O) groups excluding carboxylic acids is 2. The van der Waals surface area contributed by atoms with Gasteiger partial charge in [-0.2, -0.15) is 0 Å². The fourth-order valence-electron chi connectivity index (χ4n) is 2.64. The molecule has 0 unspecified atom stereocenters. The van der Waals surface area contributed by atoms with Crippen LogP contribution in [0, 0.1) is 0 Å². The lowest BCUT2D eigenvalue weighted by Gasteiger charge is -2.15. The van der Waals surface area contributed by atoms with Crippen LogP contribution in [0.4, 0.5) is 5.69 Å². The van der Waals surface area contributed by atoms with Crippen molar-refractivity contribution in [1.82, 2.24) is 4.31 Å². The summed E-state index contributed by atoms with van der Waals surface area (Å²) in [6.45, 7) is 3.17. The predicted molar refractivity (Wildman–Crippen MR) is 95.5 cm³/mol. The van der Waals surface area contributed by atoms with Crippen molar-refractivity contribution in [3.63, 3.8) is 0 Å². The Morgan fingerprint density at radius 2 is 1.88 bits per heavy atom. The van der Waals surface area contributed by atoms with Gasteiger partial charge in [0.05, 0.1) is 11.7 Å². The van der Waals surface area contributed by atoms with Crippen LogP contribution < -0.4 is 10.1 Å². The largest absolute Gasteiger partial charge is 0.491 e. The first kappa shape index (κ1) is 17.9. The molecule has 2 amide bonds. The molecule has 1 aliphatic rings. The zero-order chi connectivity index (χ0) is 18.9. The van der Waals surface area contributed by atoms with Crippen LogP contribution >= 0.6 is 0 Å². The summed E-state index contributed by atoms with van der Waals surface area (Å²) in [7, 11) is -4.01. The van der Waals surface area contributed by atoms with Gasteiger partial charge in [-0.15, -0.1) is 0 Å². The van der Waals surface area contributed by atoms with E-state index in [2.05, 4.69) is 5.32 Å². The highest BCUT2D eigenvalue weighted by Gasteiger charge is 2.41. The average Bonchev–Trinajstić information content (AvgIpc) is 2.76. The van der Waals surface area contributed by atoms with E-state index in [1.165, 1.54) is 18.2 Å². The molecule has 7 nitrogen and oxygen atoms in total. The normalized spacial score (nSPS) is 15.0. The van der Waals surface area contributed by atoms with Gasteiger partial charge in [0, 0.05) is 11.8 Å². The van der Waals surface area contributed by atoms with E-state index in [1.54, 1.807) is 30.3 Å². The van der Waals surface area contributed by atoms with Crippen LogP contribution in [0.5, 0.6) is 5.75 Å². The fourth-order valence-corrected chi connectivity index (χ4v) is 4.16. The highest BCUT2D eigenvalue weighted by atomic mass is 32.2. The van der Waals surface area contributed by atoms with Gasteiger partial charge in [0.25, 0.3) is 15.9 Å². The van der Waals surface area contributed by atoms with Crippen LogP contribution in [0.3, 0.4) is 0 Å².